The predicted molar refractivity (Wildman–Crippen MR) is 137 cm³/mol. The molecular formula is C30H32N2O2. The number of rotatable bonds is 7. The summed E-state index contributed by atoms with van der Waals surface area (Å²) in [5.41, 5.74) is 7.16. The Hall–Kier alpha value is -3.40. The SMILES string of the molecule is CCCCCc1ccc(C(=O)N2CCC[C@H]2c2nc3cc(-c4cccc(C)c4)ccc3o2)cc1. The highest BCUT2D eigenvalue weighted by atomic mass is 16.3. The number of carbonyl (C=O) groups is 1. The Morgan fingerprint density at radius 1 is 1.03 bits per heavy atom. The van der Waals surface area contributed by atoms with Gasteiger partial charge in [-0.2, -0.15) is 0 Å². The van der Waals surface area contributed by atoms with Gasteiger partial charge in [-0.1, -0.05) is 67.8 Å². The van der Waals surface area contributed by atoms with Gasteiger partial charge in [0, 0.05) is 12.1 Å². The highest BCUT2D eigenvalue weighted by molar-refractivity contribution is 5.94. The molecule has 1 atom stereocenters. The van der Waals surface area contributed by atoms with Crippen LogP contribution in [-0.4, -0.2) is 22.3 Å². The Kier molecular flexibility index (Phi) is 6.48. The molecule has 2 heterocycles. The van der Waals surface area contributed by atoms with Gasteiger partial charge in [-0.15, -0.1) is 0 Å². The van der Waals surface area contributed by atoms with Crippen molar-refractivity contribution in [3.05, 3.63) is 89.3 Å². The fraction of sp³-hybridized carbons (Fsp3) is 0.333. The average Bonchev–Trinajstić information content (AvgIpc) is 3.51. The molecule has 1 saturated heterocycles. The number of nitrogens with zero attached hydrogens (tertiary/aromatic N) is 2. The lowest BCUT2D eigenvalue weighted by molar-refractivity contribution is 0.0717. The molecule has 1 aliphatic heterocycles. The molecule has 4 heteroatoms. The van der Waals surface area contributed by atoms with E-state index in [-0.39, 0.29) is 11.9 Å². The van der Waals surface area contributed by atoms with Crippen LogP contribution in [0.4, 0.5) is 0 Å². The second-order valence-electron chi connectivity index (χ2n) is 9.41. The molecule has 5 rings (SSSR count). The van der Waals surface area contributed by atoms with Gasteiger partial charge in [-0.05, 0) is 73.6 Å². The number of carbonyl (C=O) groups excluding carboxylic acids is 1. The Labute approximate surface area is 201 Å². The van der Waals surface area contributed by atoms with E-state index in [0.717, 1.165) is 48.0 Å². The molecule has 0 bridgehead atoms. The summed E-state index contributed by atoms with van der Waals surface area (Å²) in [6, 6.07) is 22.6. The minimum atomic E-state index is -0.119. The van der Waals surface area contributed by atoms with E-state index in [0.29, 0.717) is 5.89 Å². The summed E-state index contributed by atoms with van der Waals surface area (Å²) in [4.78, 5) is 20.1. The van der Waals surface area contributed by atoms with Crippen molar-refractivity contribution >= 4 is 17.0 Å². The molecule has 0 aliphatic carbocycles. The van der Waals surface area contributed by atoms with Gasteiger partial charge < -0.3 is 9.32 Å². The lowest BCUT2D eigenvalue weighted by Gasteiger charge is -2.22. The summed E-state index contributed by atoms with van der Waals surface area (Å²) in [6.07, 6.45) is 6.56. The van der Waals surface area contributed by atoms with Gasteiger partial charge in [-0.25, -0.2) is 4.98 Å². The van der Waals surface area contributed by atoms with Crippen LogP contribution in [0.1, 0.15) is 72.4 Å². The van der Waals surface area contributed by atoms with Gasteiger partial charge in [0.2, 0.25) is 5.89 Å². The van der Waals surface area contributed by atoms with Crippen molar-refractivity contribution in [2.75, 3.05) is 6.54 Å². The van der Waals surface area contributed by atoms with Gasteiger partial charge in [0.25, 0.3) is 5.91 Å². The largest absolute Gasteiger partial charge is 0.438 e. The average molecular weight is 453 g/mol. The molecule has 4 nitrogen and oxygen atoms in total. The molecule has 0 radical (unpaired) electrons. The van der Waals surface area contributed by atoms with Crippen LogP contribution in [0, 0.1) is 6.92 Å². The van der Waals surface area contributed by atoms with E-state index in [1.807, 2.05) is 23.1 Å². The minimum Gasteiger partial charge on any atom is -0.438 e. The number of oxazole rings is 1. The number of likely N-dealkylation sites (tertiary alicyclic amines) is 1. The third-order valence-corrected chi connectivity index (χ3v) is 6.82. The van der Waals surface area contributed by atoms with Gasteiger partial charge in [-0.3, -0.25) is 4.79 Å². The lowest BCUT2D eigenvalue weighted by atomic mass is 10.0. The predicted octanol–water partition coefficient (Wildman–Crippen LogP) is 7.51. The number of unbranched alkanes of at least 4 members (excludes halogenated alkanes) is 2. The summed E-state index contributed by atoms with van der Waals surface area (Å²) >= 11 is 0. The zero-order chi connectivity index (χ0) is 23.5. The molecule has 1 fully saturated rings. The number of benzene rings is 3. The normalized spacial score (nSPS) is 15.8. The number of hydrogen-bond donors (Lipinski definition) is 0. The van der Waals surface area contributed by atoms with Crippen LogP contribution < -0.4 is 0 Å². The van der Waals surface area contributed by atoms with Crippen LogP contribution in [0.2, 0.25) is 0 Å². The molecule has 3 aromatic carbocycles. The zero-order valence-corrected chi connectivity index (χ0v) is 20.1. The first-order chi connectivity index (χ1) is 16.6. The van der Waals surface area contributed by atoms with Crippen molar-refractivity contribution in [3.8, 4) is 11.1 Å². The molecule has 1 aromatic heterocycles. The van der Waals surface area contributed by atoms with Crippen LogP contribution in [0.5, 0.6) is 0 Å². The Balaban J connectivity index is 1.35. The van der Waals surface area contributed by atoms with Crippen LogP contribution >= 0.6 is 0 Å². The smallest absolute Gasteiger partial charge is 0.254 e. The first-order valence-electron chi connectivity index (χ1n) is 12.5. The Bertz CT molecular complexity index is 1290. The summed E-state index contributed by atoms with van der Waals surface area (Å²) < 4.78 is 6.15. The summed E-state index contributed by atoms with van der Waals surface area (Å²) in [5.74, 6) is 0.698. The zero-order valence-electron chi connectivity index (χ0n) is 20.1. The molecule has 0 saturated carbocycles. The third kappa shape index (κ3) is 4.63. The molecule has 1 aliphatic rings. The van der Waals surface area contributed by atoms with E-state index >= 15 is 0 Å². The van der Waals surface area contributed by atoms with Crippen molar-refractivity contribution in [1.82, 2.24) is 9.88 Å². The van der Waals surface area contributed by atoms with Crippen molar-refractivity contribution in [2.24, 2.45) is 0 Å². The number of hydrogen-bond acceptors (Lipinski definition) is 3. The van der Waals surface area contributed by atoms with Gasteiger partial charge >= 0.3 is 0 Å². The molecule has 0 unspecified atom stereocenters. The van der Waals surface area contributed by atoms with Crippen molar-refractivity contribution < 1.29 is 9.21 Å². The maximum Gasteiger partial charge on any atom is 0.254 e. The monoisotopic (exact) mass is 452 g/mol. The topological polar surface area (TPSA) is 46.3 Å². The number of fused-ring (bicyclic) bond motifs is 1. The van der Waals surface area contributed by atoms with E-state index in [2.05, 4.69) is 62.4 Å². The lowest BCUT2D eigenvalue weighted by Crippen LogP contribution is -2.30. The molecule has 174 valence electrons. The highest BCUT2D eigenvalue weighted by Crippen LogP contribution is 2.35. The summed E-state index contributed by atoms with van der Waals surface area (Å²) in [7, 11) is 0. The van der Waals surface area contributed by atoms with E-state index in [1.165, 1.54) is 36.0 Å². The van der Waals surface area contributed by atoms with Gasteiger partial charge in [0.1, 0.15) is 11.6 Å². The first kappa shape index (κ1) is 22.4. The second kappa shape index (κ2) is 9.84. The fourth-order valence-corrected chi connectivity index (χ4v) is 4.92. The molecule has 0 N–H and O–H groups in total. The van der Waals surface area contributed by atoms with E-state index in [1.54, 1.807) is 0 Å². The van der Waals surface area contributed by atoms with Crippen molar-refractivity contribution in [2.45, 2.75) is 58.4 Å². The fourth-order valence-electron chi connectivity index (χ4n) is 4.92. The number of aromatic nitrogens is 1. The van der Waals surface area contributed by atoms with Crippen LogP contribution in [0.15, 0.2) is 71.1 Å². The number of amides is 1. The molecular weight excluding hydrogens is 420 g/mol. The minimum absolute atomic E-state index is 0.0605. The molecule has 4 aromatic rings. The number of aryl methyl sites for hydroxylation is 2. The maximum atomic E-state index is 13.3. The van der Waals surface area contributed by atoms with Gasteiger partial charge in [0.05, 0.1) is 0 Å². The van der Waals surface area contributed by atoms with Crippen LogP contribution in [0.25, 0.3) is 22.2 Å². The van der Waals surface area contributed by atoms with E-state index in [9.17, 15) is 4.79 Å². The summed E-state index contributed by atoms with van der Waals surface area (Å²) in [6.45, 7) is 5.05. The molecule has 1 amide bonds. The molecule has 0 spiro atoms. The highest BCUT2D eigenvalue weighted by Gasteiger charge is 2.34. The van der Waals surface area contributed by atoms with E-state index in [4.69, 9.17) is 9.40 Å². The van der Waals surface area contributed by atoms with Crippen LogP contribution in [0.3, 0.4) is 0 Å². The Morgan fingerprint density at radius 3 is 2.65 bits per heavy atom. The van der Waals surface area contributed by atoms with Gasteiger partial charge in [0.15, 0.2) is 5.58 Å². The Morgan fingerprint density at radius 2 is 1.85 bits per heavy atom. The van der Waals surface area contributed by atoms with E-state index < -0.39 is 0 Å². The quantitative estimate of drug-likeness (QED) is 0.273. The maximum absolute atomic E-state index is 13.3. The van der Waals surface area contributed by atoms with Crippen molar-refractivity contribution in [1.29, 1.82) is 0 Å². The third-order valence-electron chi connectivity index (χ3n) is 6.82. The molecule has 34 heavy (non-hydrogen) atoms. The van der Waals surface area contributed by atoms with Crippen LogP contribution in [-0.2, 0) is 6.42 Å². The summed E-state index contributed by atoms with van der Waals surface area (Å²) in [5, 5.41) is 0. The second-order valence-corrected chi connectivity index (χ2v) is 9.41. The first-order valence-corrected chi connectivity index (χ1v) is 12.5. The van der Waals surface area contributed by atoms with Crippen molar-refractivity contribution in [3.63, 3.8) is 0 Å². The standard InChI is InChI=1S/C30H32N2O2/c1-3-4-5-9-22-12-14-23(15-13-22)30(33)32-18-7-11-27(32)29-31-26-20-25(16-17-28(26)34-29)24-10-6-8-21(2)19-24/h6,8,10,12-17,19-20,27H,3-5,7,9,11,18H2,1-2H3/t27-/m0/s1.